The van der Waals surface area contributed by atoms with Crippen molar-refractivity contribution in [2.45, 2.75) is 32.2 Å². The molecular formula is C22H26N4O2. The minimum Gasteiger partial charge on any atom is -0.351 e. The topological polar surface area (TPSA) is 83.1 Å². The van der Waals surface area contributed by atoms with Gasteiger partial charge in [-0.1, -0.05) is 25.0 Å². The van der Waals surface area contributed by atoms with E-state index in [0.29, 0.717) is 23.7 Å². The number of aromatic nitrogens is 1. The predicted molar refractivity (Wildman–Crippen MR) is 108 cm³/mol. The average Bonchev–Trinajstić information content (AvgIpc) is 3.18. The Morgan fingerprint density at radius 1 is 1.18 bits per heavy atom. The molecule has 2 aromatic rings. The number of carbonyl (C=O) groups excluding carboxylic acids is 2. The van der Waals surface area contributed by atoms with Crippen LogP contribution in [-0.2, 0) is 11.3 Å². The lowest BCUT2D eigenvalue weighted by Crippen LogP contribution is -2.47. The predicted octanol–water partition coefficient (Wildman–Crippen LogP) is 2.73. The zero-order chi connectivity index (χ0) is 19.4. The van der Waals surface area contributed by atoms with Crippen LogP contribution in [0.2, 0.25) is 0 Å². The molecule has 4 rings (SSSR count). The van der Waals surface area contributed by atoms with Crippen LogP contribution in [0.1, 0.15) is 41.6 Å². The van der Waals surface area contributed by atoms with Crippen LogP contribution in [-0.4, -0.2) is 29.9 Å². The first kappa shape index (κ1) is 18.6. The third-order valence-electron chi connectivity index (χ3n) is 6.08. The van der Waals surface area contributed by atoms with Crippen LogP contribution in [0.5, 0.6) is 0 Å². The van der Waals surface area contributed by atoms with E-state index in [9.17, 15) is 9.59 Å². The molecule has 0 unspecified atom stereocenters. The number of anilines is 1. The fourth-order valence-corrected chi connectivity index (χ4v) is 4.46. The van der Waals surface area contributed by atoms with Gasteiger partial charge in [-0.3, -0.25) is 14.6 Å². The van der Waals surface area contributed by atoms with Gasteiger partial charge in [0.25, 0.3) is 5.91 Å². The third kappa shape index (κ3) is 3.78. The van der Waals surface area contributed by atoms with E-state index in [1.165, 1.54) is 6.42 Å². The Labute approximate surface area is 165 Å². The number of rotatable bonds is 5. The smallest absolute Gasteiger partial charge is 0.255 e. The SMILES string of the molecule is O=C(Nc1cccnc1)c1ccc(CNC(=O)[C@@]23CCCC[C@H]2CNC3)cc1. The molecule has 2 aliphatic rings. The van der Waals surface area contributed by atoms with Crippen LogP contribution in [0.25, 0.3) is 0 Å². The zero-order valence-electron chi connectivity index (χ0n) is 15.9. The molecule has 6 nitrogen and oxygen atoms in total. The van der Waals surface area contributed by atoms with Gasteiger partial charge in [0.2, 0.25) is 5.91 Å². The summed E-state index contributed by atoms with van der Waals surface area (Å²) >= 11 is 0. The van der Waals surface area contributed by atoms with E-state index in [0.717, 1.165) is 37.9 Å². The van der Waals surface area contributed by atoms with Crippen molar-refractivity contribution in [1.29, 1.82) is 0 Å². The number of pyridine rings is 1. The lowest BCUT2D eigenvalue weighted by atomic mass is 9.67. The molecule has 146 valence electrons. The number of hydrogen-bond acceptors (Lipinski definition) is 4. The Morgan fingerprint density at radius 3 is 2.82 bits per heavy atom. The highest BCUT2D eigenvalue weighted by atomic mass is 16.2. The molecule has 1 aromatic carbocycles. The van der Waals surface area contributed by atoms with Gasteiger partial charge in [-0.25, -0.2) is 0 Å². The highest BCUT2D eigenvalue weighted by molar-refractivity contribution is 6.04. The summed E-state index contributed by atoms with van der Waals surface area (Å²) in [6, 6.07) is 10.9. The molecule has 2 atom stereocenters. The van der Waals surface area contributed by atoms with Crippen molar-refractivity contribution in [3.8, 4) is 0 Å². The molecule has 1 saturated heterocycles. The van der Waals surface area contributed by atoms with Crippen molar-refractivity contribution in [3.63, 3.8) is 0 Å². The minimum atomic E-state index is -0.234. The number of fused-ring (bicyclic) bond motifs is 1. The van der Waals surface area contributed by atoms with Gasteiger partial charge >= 0.3 is 0 Å². The first-order valence-corrected chi connectivity index (χ1v) is 9.97. The van der Waals surface area contributed by atoms with Gasteiger partial charge in [-0.2, -0.15) is 0 Å². The van der Waals surface area contributed by atoms with Crippen molar-refractivity contribution in [1.82, 2.24) is 15.6 Å². The second-order valence-corrected chi connectivity index (χ2v) is 7.81. The molecule has 2 heterocycles. The van der Waals surface area contributed by atoms with Crippen LogP contribution in [0.4, 0.5) is 5.69 Å². The molecule has 2 fully saturated rings. The van der Waals surface area contributed by atoms with Crippen molar-refractivity contribution in [2.75, 3.05) is 18.4 Å². The Hall–Kier alpha value is -2.73. The Kier molecular flexibility index (Phi) is 5.39. The monoisotopic (exact) mass is 378 g/mol. The van der Waals surface area contributed by atoms with Crippen LogP contribution in [0, 0.1) is 11.3 Å². The van der Waals surface area contributed by atoms with Gasteiger partial charge in [0.1, 0.15) is 0 Å². The van der Waals surface area contributed by atoms with Gasteiger partial charge in [-0.15, -0.1) is 0 Å². The Balaban J connectivity index is 1.34. The molecule has 0 radical (unpaired) electrons. The summed E-state index contributed by atoms with van der Waals surface area (Å²) in [6.07, 6.45) is 7.74. The number of nitrogens with one attached hydrogen (secondary N) is 3. The number of carbonyl (C=O) groups is 2. The van der Waals surface area contributed by atoms with Gasteiger partial charge in [0.05, 0.1) is 17.3 Å². The highest BCUT2D eigenvalue weighted by Gasteiger charge is 2.49. The van der Waals surface area contributed by atoms with E-state index >= 15 is 0 Å². The molecular weight excluding hydrogens is 352 g/mol. The Bertz CT molecular complexity index is 837. The van der Waals surface area contributed by atoms with Crippen LogP contribution in [0.15, 0.2) is 48.8 Å². The van der Waals surface area contributed by atoms with Crippen molar-refractivity contribution in [2.24, 2.45) is 11.3 Å². The van der Waals surface area contributed by atoms with E-state index in [4.69, 9.17) is 0 Å². The summed E-state index contributed by atoms with van der Waals surface area (Å²) in [4.78, 5) is 29.2. The molecule has 1 aliphatic carbocycles. The van der Waals surface area contributed by atoms with Gasteiger partial charge in [0.15, 0.2) is 0 Å². The van der Waals surface area contributed by atoms with E-state index in [1.54, 1.807) is 36.7 Å². The fourth-order valence-electron chi connectivity index (χ4n) is 4.46. The zero-order valence-corrected chi connectivity index (χ0v) is 15.9. The molecule has 1 aliphatic heterocycles. The third-order valence-corrected chi connectivity index (χ3v) is 6.08. The maximum Gasteiger partial charge on any atom is 0.255 e. The van der Waals surface area contributed by atoms with E-state index in [2.05, 4.69) is 20.9 Å². The molecule has 0 bridgehead atoms. The maximum atomic E-state index is 12.9. The summed E-state index contributed by atoms with van der Waals surface area (Å²) < 4.78 is 0. The van der Waals surface area contributed by atoms with Crippen LogP contribution < -0.4 is 16.0 Å². The van der Waals surface area contributed by atoms with Crippen molar-refractivity contribution in [3.05, 3.63) is 59.9 Å². The van der Waals surface area contributed by atoms with Gasteiger partial charge in [-0.05, 0) is 55.1 Å². The minimum absolute atomic E-state index is 0.167. The molecule has 6 heteroatoms. The summed E-state index contributed by atoms with van der Waals surface area (Å²) in [6.45, 7) is 2.23. The van der Waals surface area contributed by atoms with Gasteiger partial charge in [0, 0.05) is 24.8 Å². The molecule has 1 saturated carbocycles. The lowest BCUT2D eigenvalue weighted by Gasteiger charge is -2.37. The summed E-state index contributed by atoms with van der Waals surface area (Å²) in [5.41, 5.74) is 1.99. The van der Waals surface area contributed by atoms with Gasteiger partial charge < -0.3 is 16.0 Å². The van der Waals surface area contributed by atoms with Crippen molar-refractivity contribution >= 4 is 17.5 Å². The van der Waals surface area contributed by atoms with E-state index < -0.39 is 0 Å². The van der Waals surface area contributed by atoms with Crippen LogP contribution in [0.3, 0.4) is 0 Å². The molecule has 28 heavy (non-hydrogen) atoms. The standard InChI is InChI=1S/C22H26N4O2/c27-20(26-19-5-3-11-23-14-19)17-8-6-16(7-9-17)12-25-21(28)22-10-2-1-4-18(22)13-24-15-22/h3,5-9,11,14,18,24H,1-2,4,10,12-13,15H2,(H,25,28)(H,26,27)/t18-,22+/m0/s1. The highest BCUT2D eigenvalue weighted by Crippen LogP contribution is 2.43. The molecule has 3 N–H and O–H groups in total. The molecule has 1 aromatic heterocycles. The number of benzene rings is 1. The second kappa shape index (κ2) is 8.10. The summed E-state index contributed by atoms with van der Waals surface area (Å²) in [7, 11) is 0. The first-order valence-electron chi connectivity index (χ1n) is 9.97. The molecule has 0 spiro atoms. The summed E-state index contributed by atoms with van der Waals surface area (Å²) in [5.74, 6) is 0.449. The van der Waals surface area contributed by atoms with Crippen LogP contribution >= 0.6 is 0 Å². The molecule has 2 amide bonds. The average molecular weight is 378 g/mol. The van der Waals surface area contributed by atoms with E-state index in [1.807, 2.05) is 12.1 Å². The lowest BCUT2D eigenvalue weighted by molar-refractivity contribution is -0.134. The summed E-state index contributed by atoms with van der Waals surface area (Å²) in [5, 5.41) is 9.36. The number of nitrogens with zero attached hydrogens (tertiary/aromatic N) is 1. The second-order valence-electron chi connectivity index (χ2n) is 7.81. The Morgan fingerprint density at radius 2 is 2.04 bits per heavy atom. The number of amides is 2. The quantitative estimate of drug-likeness (QED) is 0.747. The first-order chi connectivity index (χ1) is 13.7. The normalized spacial score (nSPS) is 23.6. The number of hydrogen-bond donors (Lipinski definition) is 3. The van der Waals surface area contributed by atoms with Crippen molar-refractivity contribution < 1.29 is 9.59 Å². The fraction of sp³-hybridized carbons (Fsp3) is 0.409. The maximum absolute atomic E-state index is 12.9. The largest absolute Gasteiger partial charge is 0.351 e. The van der Waals surface area contributed by atoms with E-state index in [-0.39, 0.29) is 17.2 Å².